The van der Waals surface area contributed by atoms with Crippen LogP contribution in [0.25, 0.3) is 0 Å². The molecule has 0 saturated heterocycles. The maximum absolute atomic E-state index is 11.7. The number of esters is 1. The predicted molar refractivity (Wildman–Crippen MR) is 50.5 cm³/mol. The van der Waals surface area contributed by atoms with E-state index in [1.807, 2.05) is 0 Å². The maximum atomic E-state index is 11.7. The second-order valence-corrected chi connectivity index (χ2v) is 3.70. The van der Waals surface area contributed by atoms with Gasteiger partial charge in [0.2, 0.25) is 0 Å². The minimum Gasteiger partial charge on any atom is -0.410 e. The summed E-state index contributed by atoms with van der Waals surface area (Å²) in [6, 6.07) is 0. The lowest BCUT2D eigenvalue weighted by Crippen LogP contribution is -2.27. The first-order chi connectivity index (χ1) is 6.68. The van der Waals surface area contributed by atoms with E-state index in [2.05, 4.69) is 6.92 Å². The van der Waals surface area contributed by atoms with Crippen molar-refractivity contribution >= 4 is 5.97 Å². The van der Waals surface area contributed by atoms with Gasteiger partial charge >= 0.3 is 12.4 Å². The number of hydrogen-bond acceptors (Lipinski definition) is 4. The van der Waals surface area contributed by atoms with Gasteiger partial charge in [0.05, 0.1) is 5.41 Å². The average Bonchev–Trinajstić information content (AvgIpc) is 2.95. The van der Waals surface area contributed by atoms with Gasteiger partial charge in [-0.25, -0.2) is 0 Å². The molecular formula is C10H18O4. The maximum Gasteiger partial charge on any atom is 0.317 e. The zero-order chi connectivity index (χ0) is 10.6. The van der Waals surface area contributed by atoms with Crippen molar-refractivity contribution in [3.8, 4) is 0 Å². The molecule has 0 N–H and O–H groups in total. The van der Waals surface area contributed by atoms with E-state index in [0.717, 1.165) is 25.7 Å². The second kappa shape index (κ2) is 4.75. The van der Waals surface area contributed by atoms with Gasteiger partial charge in [-0.2, -0.15) is 0 Å². The molecule has 0 bridgehead atoms. The van der Waals surface area contributed by atoms with Crippen LogP contribution in [0.15, 0.2) is 0 Å². The van der Waals surface area contributed by atoms with Gasteiger partial charge in [-0.3, -0.25) is 4.79 Å². The molecule has 0 heterocycles. The molecule has 0 unspecified atom stereocenters. The van der Waals surface area contributed by atoms with Crippen LogP contribution in [-0.2, 0) is 19.0 Å². The lowest BCUT2D eigenvalue weighted by molar-refractivity contribution is -0.259. The molecule has 0 spiro atoms. The first-order valence-corrected chi connectivity index (χ1v) is 4.95. The lowest BCUT2D eigenvalue weighted by atomic mass is 10.0. The minimum atomic E-state index is -0.864. The molecule has 4 nitrogen and oxygen atoms in total. The molecule has 0 amide bonds. The average molecular weight is 202 g/mol. The van der Waals surface area contributed by atoms with E-state index < -0.39 is 6.48 Å². The van der Waals surface area contributed by atoms with Gasteiger partial charge in [0.15, 0.2) is 0 Å². The van der Waals surface area contributed by atoms with Crippen LogP contribution in [0.4, 0.5) is 0 Å². The van der Waals surface area contributed by atoms with Crippen LogP contribution in [0.5, 0.6) is 0 Å². The molecule has 0 aromatic carbocycles. The largest absolute Gasteiger partial charge is 0.410 e. The summed E-state index contributed by atoms with van der Waals surface area (Å²) in [4.78, 5) is 11.7. The van der Waals surface area contributed by atoms with Crippen molar-refractivity contribution < 1.29 is 19.0 Å². The van der Waals surface area contributed by atoms with Crippen LogP contribution in [0, 0.1) is 5.41 Å². The Morgan fingerprint density at radius 2 is 1.93 bits per heavy atom. The number of rotatable bonds is 6. The van der Waals surface area contributed by atoms with Gasteiger partial charge in [0.25, 0.3) is 0 Å². The number of methoxy groups -OCH3 is 2. The Bertz CT molecular complexity index is 194. The monoisotopic (exact) mass is 202 g/mol. The molecule has 4 heteroatoms. The quantitative estimate of drug-likeness (QED) is 0.485. The Morgan fingerprint density at radius 1 is 1.36 bits per heavy atom. The van der Waals surface area contributed by atoms with Crippen molar-refractivity contribution in [2.24, 2.45) is 5.41 Å². The molecule has 82 valence electrons. The van der Waals surface area contributed by atoms with Gasteiger partial charge in [-0.05, 0) is 19.3 Å². The summed E-state index contributed by atoms with van der Waals surface area (Å²) in [5, 5.41) is 0. The molecule has 0 aromatic rings. The topological polar surface area (TPSA) is 44.8 Å². The molecule has 0 aromatic heterocycles. The highest BCUT2D eigenvalue weighted by Gasteiger charge is 2.50. The Hall–Kier alpha value is -0.610. The van der Waals surface area contributed by atoms with E-state index in [1.54, 1.807) is 0 Å². The van der Waals surface area contributed by atoms with Gasteiger partial charge in [0, 0.05) is 14.2 Å². The van der Waals surface area contributed by atoms with Crippen LogP contribution in [-0.4, -0.2) is 26.7 Å². The third kappa shape index (κ3) is 2.45. The van der Waals surface area contributed by atoms with E-state index in [4.69, 9.17) is 14.2 Å². The van der Waals surface area contributed by atoms with E-state index in [9.17, 15) is 4.79 Å². The molecule has 1 aliphatic rings. The predicted octanol–water partition coefficient (Wildman–Crippen LogP) is 1.69. The highest BCUT2D eigenvalue weighted by atomic mass is 16.8. The number of carbonyl (C=O) groups excluding carboxylic acids is 1. The highest BCUT2D eigenvalue weighted by Crippen LogP contribution is 2.50. The molecule has 1 aliphatic carbocycles. The Morgan fingerprint density at radius 3 is 2.29 bits per heavy atom. The standard InChI is InChI=1S/C10H18O4/c1-4-5-10(6-7-10)8(11)14-9(12-2)13-3/h9H,4-7H2,1-3H3. The Kier molecular flexibility index (Phi) is 3.89. The van der Waals surface area contributed by atoms with Crippen molar-refractivity contribution in [2.75, 3.05) is 14.2 Å². The minimum absolute atomic E-state index is 0.187. The Labute approximate surface area is 84.5 Å². The van der Waals surface area contributed by atoms with Crippen LogP contribution in [0.1, 0.15) is 32.6 Å². The van der Waals surface area contributed by atoms with Gasteiger partial charge in [-0.15, -0.1) is 0 Å². The number of hydrogen-bond donors (Lipinski definition) is 0. The van der Waals surface area contributed by atoms with Crippen LogP contribution in [0.3, 0.4) is 0 Å². The van der Waals surface area contributed by atoms with Crippen LogP contribution < -0.4 is 0 Å². The van der Waals surface area contributed by atoms with Crippen molar-refractivity contribution in [2.45, 2.75) is 39.1 Å². The van der Waals surface area contributed by atoms with Crippen LogP contribution in [0.2, 0.25) is 0 Å². The Balaban J connectivity index is 2.41. The molecule has 1 fully saturated rings. The second-order valence-electron chi connectivity index (χ2n) is 3.70. The summed E-state index contributed by atoms with van der Waals surface area (Å²) in [5.74, 6) is -0.187. The van der Waals surface area contributed by atoms with Crippen LogP contribution >= 0.6 is 0 Å². The molecule has 1 saturated carbocycles. The number of carbonyl (C=O) groups is 1. The first-order valence-electron chi connectivity index (χ1n) is 4.95. The summed E-state index contributed by atoms with van der Waals surface area (Å²) >= 11 is 0. The molecule has 0 radical (unpaired) electrons. The van der Waals surface area contributed by atoms with E-state index in [-0.39, 0.29) is 11.4 Å². The van der Waals surface area contributed by atoms with Crippen molar-refractivity contribution in [1.29, 1.82) is 0 Å². The van der Waals surface area contributed by atoms with Gasteiger partial charge < -0.3 is 14.2 Å². The molecule has 0 atom stereocenters. The molecule has 1 rings (SSSR count). The summed E-state index contributed by atoms with van der Waals surface area (Å²) in [6.45, 7) is 1.20. The normalized spacial score (nSPS) is 18.3. The number of ether oxygens (including phenoxy) is 3. The van der Waals surface area contributed by atoms with E-state index in [0.29, 0.717) is 0 Å². The summed E-state index contributed by atoms with van der Waals surface area (Å²) in [7, 11) is 2.89. The van der Waals surface area contributed by atoms with Crippen molar-refractivity contribution in [3.63, 3.8) is 0 Å². The van der Waals surface area contributed by atoms with Crippen molar-refractivity contribution in [1.82, 2.24) is 0 Å². The molecule has 14 heavy (non-hydrogen) atoms. The van der Waals surface area contributed by atoms with E-state index >= 15 is 0 Å². The van der Waals surface area contributed by atoms with Crippen molar-refractivity contribution in [3.05, 3.63) is 0 Å². The summed E-state index contributed by atoms with van der Waals surface area (Å²) in [6.07, 6.45) is 3.76. The smallest absolute Gasteiger partial charge is 0.317 e. The third-order valence-corrected chi connectivity index (χ3v) is 2.60. The first kappa shape index (κ1) is 11.5. The summed E-state index contributed by atoms with van der Waals surface area (Å²) < 4.78 is 14.7. The molecule has 0 aliphatic heterocycles. The fourth-order valence-corrected chi connectivity index (χ4v) is 1.59. The fourth-order valence-electron chi connectivity index (χ4n) is 1.59. The zero-order valence-electron chi connectivity index (χ0n) is 9.04. The summed E-state index contributed by atoms with van der Waals surface area (Å²) in [5.41, 5.74) is -0.232. The van der Waals surface area contributed by atoms with Gasteiger partial charge in [-0.1, -0.05) is 13.3 Å². The van der Waals surface area contributed by atoms with E-state index in [1.165, 1.54) is 14.2 Å². The highest BCUT2D eigenvalue weighted by molar-refractivity contribution is 5.79. The third-order valence-electron chi connectivity index (χ3n) is 2.60. The zero-order valence-corrected chi connectivity index (χ0v) is 9.04. The fraction of sp³-hybridized carbons (Fsp3) is 0.900. The van der Waals surface area contributed by atoms with Gasteiger partial charge in [0.1, 0.15) is 0 Å². The molecular weight excluding hydrogens is 184 g/mol. The SMILES string of the molecule is CCCC1(C(=O)OC(OC)OC)CC1. The lowest BCUT2D eigenvalue weighted by Gasteiger charge is -2.18.